The summed E-state index contributed by atoms with van der Waals surface area (Å²) in [7, 11) is 0. The van der Waals surface area contributed by atoms with Gasteiger partial charge in [0.2, 0.25) is 0 Å². The largest absolute Gasteiger partial charge is 0.481 e. The first-order valence-electron chi connectivity index (χ1n) is 5.95. The lowest BCUT2D eigenvalue weighted by molar-refractivity contribution is -0.138. The highest BCUT2D eigenvalue weighted by Crippen LogP contribution is 2.26. The summed E-state index contributed by atoms with van der Waals surface area (Å²) in [6.45, 7) is 3.96. The van der Waals surface area contributed by atoms with Gasteiger partial charge in [-0.3, -0.25) is 4.79 Å². The zero-order valence-electron chi connectivity index (χ0n) is 10.0. The van der Waals surface area contributed by atoms with Gasteiger partial charge in [-0.25, -0.2) is 0 Å². The molecule has 90 valence electrons. The first-order chi connectivity index (χ1) is 7.66. The van der Waals surface area contributed by atoms with Crippen LogP contribution in [0.5, 0.6) is 0 Å². The van der Waals surface area contributed by atoms with Crippen molar-refractivity contribution in [2.45, 2.75) is 51.9 Å². The number of aliphatic carboxylic acids is 1. The Morgan fingerprint density at radius 3 is 2.81 bits per heavy atom. The van der Waals surface area contributed by atoms with E-state index in [0.29, 0.717) is 0 Å². The van der Waals surface area contributed by atoms with Crippen molar-refractivity contribution in [3.05, 3.63) is 21.9 Å². The summed E-state index contributed by atoms with van der Waals surface area (Å²) in [6.07, 6.45) is 5.96. The van der Waals surface area contributed by atoms with Crippen molar-refractivity contribution in [1.82, 2.24) is 0 Å². The molecular weight excluding hydrogens is 220 g/mol. The van der Waals surface area contributed by atoms with Crippen LogP contribution in [0.2, 0.25) is 0 Å². The molecule has 0 saturated heterocycles. The maximum atomic E-state index is 10.9. The Labute approximate surface area is 101 Å². The van der Waals surface area contributed by atoms with Crippen LogP contribution in [-0.4, -0.2) is 11.1 Å². The molecule has 0 amide bonds. The van der Waals surface area contributed by atoms with Gasteiger partial charge < -0.3 is 5.11 Å². The molecule has 2 nitrogen and oxygen atoms in total. The Morgan fingerprint density at radius 1 is 1.44 bits per heavy atom. The number of hydrogen-bond acceptors (Lipinski definition) is 2. The molecule has 0 fully saturated rings. The number of carboxylic acids is 1. The van der Waals surface area contributed by atoms with Crippen molar-refractivity contribution in [3.63, 3.8) is 0 Å². The van der Waals surface area contributed by atoms with Crippen molar-refractivity contribution in [2.24, 2.45) is 0 Å². The van der Waals surface area contributed by atoms with Crippen LogP contribution >= 0.6 is 11.3 Å². The van der Waals surface area contributed by atoms with Crippen LogP contribution in [0.25, 0.3) is 0 Å². The van der Waals surface area contributed by atoms with Gasteiger partial charge in [0.25, 0.3) is 0 Å². The van der Waals surface area contributed by atoms with Gasteiger partial charge in [-0.15, -0.1) is 11.3 Å². The lowest BCUT2D eigenvalue weighted by atomic mass is 10.00. The lowest BCUT2D eigenvalue weighted by Crippen LogP contribution is -2.08. The summed E-state index contributed by atoms with van der Waals surface area (Å²) < 4.78 is 0. The molecule has 1 heterocycles. The maximum Gasteiger partial charge on any atom is 0.310 e. The molecule has 0 aliphatic heterocycles. The van der Waals surface area contributed by atoms with E-state index in [1.807, 2.05) is 11.4 Å². The van der Waals surface area contributed by atoms with Crippen molar-refractivity contribution < 1.29 is 9.90 Å². The smallest absolute Gasteiger partial charge is 0.310 e. The number of hydrogen-bond donors (Lipinski definition) is 1. The third-order valence-electron chi connectivity index (χ3n) is 2.87. The SMILES string of the molecule is CCCCCCc1sccc1[C@H](C)C(=O)O. The van der Waals surface area contributed by atoms with Crippen LogP contribution in [-0.2, 0) is 11.2 Å². The molecule has 0 radical (unpaired) electrons. The van der Waals surface area contributed by atoms with E-state index in [4.69, 9.17) is 5.11 Å². The molecule has 1 aromatic rings. The molecule has 1 N–H and O–H groups in total. The molecule has 0 saturated carbocycles. The third kappa shape index (κ3) is 3.63. The van der Waals surface area contributed by atoms with Crippen LogP contribution in [0.15, 0.2) is 11.4 Å². The van der Waals surface area contributed by atoms with Gasteiger partial charge in [-0.1, -0.05) is 26.2 Å². The second-order valence-electron chi connectivity index (χ2n) is 4.17. The first-order valence-corrected chi connectivity index (χ1v) is 6.83. The normalized spacial score (nSPS) is 12.6. The van der Waals surface area contributed by atoms with Crippen molar-refractivity contribution in [3.8, 4) is 0 Å². The Hall–Kier alpha value is -0.830. The van der Waals surface area contributed by atoms with E-state index in [9.17, 15) is 4.79 Å². The molecule has 0 aliphatic rings. The second-order valence-corrected chi connectivity index (χ2v) is 5.17. The van der Waals surface area contributed by atoms with Gasteiger partial charge in [0.15, 0.2) is 0 Å². The minimum Gasteiger partial charge on any atom is -0.481 e. The number of rotatable bonds is 7. The summed E-state index contributed by atoms with van der Waals surface area (Å²) in [5.74, 6) is -1.10. The number of carboxylic acid groups (broad SMARTS) is 1. The molecule has 0 aliphatic carbocycles. The lowest BCUT2D eigenvalue weighted by Gasteiger charge is -2.07. The van der Waals surface area contributed by atoms with Gasteiger partial charge in [0.1, 0.15) is 0 Å². The van der Waals surface area contributed by atoms with Crippen molar-refractivity contribution >= 4 is 17.3 Å². The maximum absolute atomic E-state index is 10.9. The van der Waals surface area contributed by atoms with E-state index >= 15 is 0 Å². The highest BCUT2D eigenvalue weighted by atomic mass is 32.1. The number of carbonyl (C=O) groups is 1. The summed E-state index contributed by atoms with van der Waals surface area (Å²) in [6, 6.07) is 1.96. The summed E-state index contributed by atoms with van der Waals surface area (Å²) in [4.78, 5) is 12.2. The van der Waals surface area contributed by atoms with Crippen molar-refractivity contribution in [2.75, 3.05) is 0 Å². The predicted octanol–water partition coefficient (Wildman–Crippen LogP) is 4.06. The van der Waals surface area contributed by atoms with Crippen LogP contribution < -0.4 is 0 Å². The fourth-order valence-electron chi connectivity index (χ4n) is 1.78. The van der Waals surface area contributed by atoms with Gasteiger partial charge >= 0.3 is 5.97 Å². The molecule has 0 bridgehead atoms. The highest BCUT2D eigenvalue weighted by molar-refractivity contribution is 7.10. The fourth-order valence-corrected chi connectivity index (χ4v) is 2.81. The Morgan fingerprint density at radius 2 is 2.19 bits per heavy atom. The molecular formula is C13H20O2S. The topological polar surface area (TPSA) is 37.3 Å². The molecule has 1 atom stereocenters. The zero-order valence-corrected chi connectivity index (χ0v) is 10.8. The van der Waals surface area contributed by atoms with E-state index in [2.05, 4.69) is 6.92 Å². The minimum absolute atomic E-state index is 0.368. The standard InChI is InChI=1S/C13H20O2S/c1-3-4-5-6-7-12-11(8-9-16-12)10(2)13(14)15/h8-10H,3-7H2,1-2H3,(H,14,15)/t10-/m0/s1. The molecule has 1 aromatic heterocycles. The Balaban J connectivity index is 2.53. The molecule has 3 heteroatoms. The van der Waals surface area contributed by atoms with E-state index in [0.717, 1.165) is 12.0 Å². The van der Waals surface area contributed by atoms with E-state index in [-0.39, 0.29) is 5.92 Å². The fraction of sp³-hybridized carbons (Fsp3) is 0.615. The number of thiophene rings is 1. The zero-order chi connectivity index (χ0) is 12.0. The molecule has 16 heavy (non-hydrogen) atoms. The Kier molecular flexibility index (Phi) is 5.53. The van der Waals surface area contributed by atoms with Crippen molar-refractivity contribution in [1.29, 1.82) is 0 Å². The molecule has 0 unspecified atom stereocenters. The van der Waals surface area contributed by atoms with Crippen LogP contribution in [0.1, 0.15) is 55.9 Å². The quantitative estimate of drug-likeness (QED) is 0.730. The molecule has 0 aromatic carbocycles. The minimum atomic E-state index is -0.729. The third-order valence-corrected chi connectivity index (χ3v) is 3.87. The van der Waals surface area contributed by atoms with E-state index in [1.165, 1.54) is 30.6 Å². The summed E-state index contributed by atoms with van der Waals surface area (Å²) in [5.41, 5.74) is 1.01. The van der Waals surface area contributed by atoms with Gasteiger partial charge in [-0.2, -0.15) is 0 Å². The van der Waals surface area contributed by atoms with Crippen LogP contribution in [0.4, 0.5) is 0 Å². The average molecular weight is 240 g/mol. The summed E-state index contributed by atoms with van der Waals surface area (Å²) in [5, 5.41) is 11.0. The van der Waals surface area contributed by atoms with Gasteiger partial charge in [0, 0.05) is 4.88 Å². The van der Waals surface area contributed by atoms with Crippen LogP contribution in [0, 0.1) is 0 Å². The first kappa shape index (κ1) is 13.2. The van der Waals surface area contributed by atoms with E-state index < -0.39 is 5.97 Å². The second kappa shape index (κ2) is 6.69. The number of unbranched alkanes of at least 4 members (excludes halogenated alkanes) is 3. The van der Waals surface area contributed by atoms with Crippen LogP contribution in [0.3, 0.4) is 0 Å². The Bertz CT molecular complexity index is 330. The number of aryl methyl sites for hydroxylation is 1. The van der Waals surface area contributed by atoms with E-state index in [1.54, 1.807) is 18.3 Å². The molecule has 0 spiro atoms. The van der Waals surface area contributed by atoms with Gasteiger partial charge in [-0.05, 0) is 36.8 Å². The monoisotopic (exact) mass is 240 g/mol. The highest BCUT2D eigenvalue weighted by Gasteiger charge is 2.17. The molecule has 1 rings (SSSR count). The van der Waals surface area contributed by atoms with Gasteiger partial charge in [0.05, 0.1) is 5.92 Å². The predicted molar refractivity (Wildman–Crippen MR) is 68.2 cm³/mol. The summed E-state index contributed by atoms with van der Waals surface area (Å²) >= 11 is 1.69. The average Bonchev–Trinajstić information content (AvgIpc) is 2.71.